The lowest BCUT2D eigenvalue weighted by Gasteiger charge is -2.04. The molecule has 1 aromatic carbocycles. The normalized spacial score (nSPS) is 10.7. The van der Waals surface area contributed by atoms with Crippen LogP contribution in [0.15, 0.2) is 42.5 Å². The maximum absolute atomic E-state index is 11.7. The molecule has 0 N–H and O–H groups in total. The molecule has 0 aliphatic carbocycles. The minimum absolute atomic E-state index is 0.0325. The first-order valence-electron chi connectivity index (χ1n) is 6.18. The summed E-state index contributed by atoms with van der Waals surface area (Å²) in [5.41, 5.74) is 0.916. The zero-order valence-electron chi connectivity index (χ0n) is 11.9. The van der Waals surface area contributed by atoms with E-state index in [4.69, 9.17) is 4.74 Å². The van der Waals surface area contributed by atoms with Gasteiger partial charge in [0.15, 0.2) is 5.78 Å². The maximum Gasteiger partial charge on any atom is 0.342 e. The summed E-state index contributed by atoms with van der Waals surface area (Å²) in [6, 6.07) is 6.31. The van der Waals surface area contributed by atoms with E-state index in [0.717, 1.165) is 0 Å². The molecule has 110 valence electrons. The lowest BCUT2D eigenvalue weighted by Crippen LogP contribution is -2.13. The number of ether oxygens (including phenoxy) is 2. The molecule has 1 aromatic rings. The van der Waals surface area contributed by atoms with Crippen LogP contribution in [0, 0.1) is 0 Å². The minimum atomic E-state index is -0.709. The van der Waals surface area contributed by atoms with Gasteiger partial charge in [-0.05, 0) is 30.7 Å². The van der Waals surface area contributed by atoms with Crippen molar-refractivity contribution in [1.29, 1.82) is 0 Å². The lowest BCUT2D eigenvalue weighted by atomic mass is 10.1. The number of hydrogen-bond acceptors (Lipinski definition) is 5. The van der Waals surface area contributed by atoms with E-state index < -0.39 is 17.7 Å². The topological polar surface area (TPSA) is 69.7 Å². The molecule has 0 saturated carbocycles. The van der Waals surface area contributed by atoms with Gasteiger partial charge in [-0.25, -0.2) is 9.59 Å². The third-order valence-electron chi connectivity index (χ3n) is 2.57. The van der Waals surface area contributed by atoms with Gasteiger partial charge in [-0.3, -0.25) is 4.79 Å². The molecule has 0 atom stereocenters. The first-order chi connectivity index (χ1) is 9.99. The molecule has 5 heteroatoms. The van der Waals surface area contributed by atoms with Crippen LogP contribution in [0.4, 0.5) is 0 Å². The van der Waals surface area contributed by atoms with Gasteiger partial charge in [0.1, 0.15) is 12.2 Å². The highest BCUT2D eigenvalue weighted by atomic mass is 16.5. The van der Waals surface area contributed by atoms with Crippen LogP contribution in [-0.4, -0.2) is 31.4 Å². The van der Waals surface area contributed by atoms with E-state index in [1.165, 1.54) is 26.2 Å². The average Bonchev–Trinajstić information content (AvgIpc) is 2.49. The molecular formula is C16H16O5. The Labute approximate surface area is 122 Å². The Morgan fingerprint density at radius 2 is 1.81 bits per heavy atom. The van der Waals surface area contributed by atoms with Crippen molar-refractivity contribution in [2.45, 2.75) is 6.92 Å². The first-order valence-corrected chi connectivity index (χ1v) is 6.18. The highest BCUT2D eigenvalue weighted by molar-refractivity contribution is 6.19. The number of ketones is 1. The van der Waals surface area contributed by atoms with E-state index in [1.54, 1.807) is 24.3 Å². The van der Waals surface area contributed by atoms with E-state index in [-0.39, 0.29) is 12.2 Å². The van der Waals surface area contributed by atoms with E-state index in [1.807, 2.05) is 0 Å². The van der Waals surface area contributed by atoms with E-state index in [0.29, 0.717) is 11.1 Å². The van der Waals surface area contributed by atoms with E-state index >= 15 is 0 Å². The molecule has 5 nitrogen and oxygen atoms in total. The van der Waals surface area contributed by atoms with Gasteiger partial charge >= 0.3 is 11.9 Å². The molecule has 0 amide bonds. The van der Waals surface area contributed by atoms with Crippen LogP contribution >= 0.6 is 0 Å². The zero-order chi connectivity index (χ0) is 15.8. The highest BCUT2D eigenvalue weighted by Crippen LogP contribution is 2.12. The number of esters is 2. The van der Waals surface area contributed by atoms with Crippen LogP contribution in [0.2, 0.25) is 0 Å². The van der Waals surface area contributed by atoms with Crippen LogP contribution in [0.3, 0.4) is 0 Å². The van der Waals surface area contributed by atoms with Crippen LogP contribution in [0.5, 0.6) is 0 Å². The molecule has 0 aliphatic rings. The molecule has 0 spiro atoms. The summed E-state index contributed by atoms with van der Waals surface area (Å²) in [6.45, 7) is 4.74. The second kappa shape index (κ2) is 7.79. The fourth-order valence-corrected chi connectivity index (χ4v) is 1.52. The average molecular weight is 288 g/mol. The maximum atomic E-state index is 11.7. The van der Waals surface area contributed by atoms with Crippen molar-refractivity contribution in [2.75, 3.05) is 13.7 Å². The van der Waals surface area contributed by atoms with Gasteiger partial charge in [0.05, 0.1) is 12.7 Å². The quantitative estimate of drug-likeness (QED) is 0.264. The van der Waals surface area contributed by atoms with Crippen LogP contribution in [-0.2, 0) is 19.1 Å². The molecule has 0 aliphatic heterocycles. The Morgan fingerprint density at radius 1 is 1.19 bits per heavy atom. The third-order valence-corrected chi connectivity index (χ3v) is 2.57. The second-order valence-corrected chi connectivity index (χ2v) is 4.11. The number of carbonyl (C=O) groups excluding carboxylic acids is 3. The minimum Gasteiger partial charge on any atom is -0.465 e. The van der Waals surface area contributed by atoms with E-state index in [2.05, 4.69) is 11.3 Å². The van der Waals surface area contributed by atoms with Gasteiger partial charge in [-0.1, -0.05) is 24.8 Å². The SMILES string of the molecule is C=CCOC(=O)/C(=C\c1ccc(C(=O)OC)cc1)C(C)=O. The Morgan fingerprint density at radius 3 is 2.29 bits per heavy atom. The number of Topliss-reactive ketones (excluding diaryl/α,β-unsaturated/α-hetero) is 1. The summed E-state index contributed by atoms with van der Waals surface area (Å²) < 4.78 is 9.43. The number of benzene rings is 1. The molecule has 0 unspecified atom stereocenters. The van der Waals surface area contributed by atoms with Crippen molar-refractivity contribution >= 4 is 23.8 Å². The van der Waals surface area contributed by atoms with Crippen molar-refractivity contribution < 1.29 is 23.9 Å². The second-order valence-electron chi connectivity index (χ2n) is 4.11. The fourth-order valence-electron chi connectivity index (χ4n) is 1.52. The van der Waals surface area contributed by atoms with Gasteiger partial charge < -0.3 is 9.47 Å². The summed E-state index contributed by atoms with van der Waals surface area (Å²) in [6.07, 6.45) is 2.83. The monoisotopic (exact) mass is 288 g/mol. The summed E-state index contributed by atoms with van der Waals surface area (Å²) in [4.78, 5) is 34.5. The van der Waals surface area contributed by atoms with Crippen molar-refractivity contribution in [3.63, 3.8) is 0 Å². The van der Waals surface area contributed by atoms with Gasteiger partial charge in [0.2, 0.25) is 0 Å². The Bertz CT molecular complexity index is 581. The molecule has 0 saturated heterocycles. The fraction of sp³-hybridized carbons (Fsp3) is 0.188. The predicted molar refractivity (Wildman–Crippen MR) is 77.6 cm³/mol. The molecule has 0 aromatic heterocycles. The molecule has 21 heavy (non-hydrogen) atoms. The van der Waals surface area contributed by atoms with Gasteiger partial charge in [0, 0.05) is 0 Å². The van der Waals surface area contributed by atoms with Crippen molar-refractivity contribution in [1.82, 2.24) is 0 Å². The lowest BCUT2D eigenvalue weighted by molar-refractivity contribution is -0.139. The molecule has 1 rings (SSSR count). The Balaban J connectivity index is 3.00. The summed E-state index contributed by atoms with van der Waals surface area (Å²) >= 11 is 0. The summed E-state index contributed by atoms with van der Waals surface area (Å²) in [5.74, 6) is -1.57. The number of methoxy groups -OCH3 is 1. The molecule has 0 radical (unpaired) electrons. The summed E-state index contributed by atoms with van der Waals surface area (Å²) in [7, 11) is 1.29. The van der Waals surface area contributed by atoms with Crippen molar-refractivity contribution in [3.05, 3.63) is 53.6 Å². The number of rotatable bonds is 6. The van der Waals surface area contributed by atoms with Crippen molar-refractivity contribution in [2.24, 2.45) is 0 Å². The molecule has 0 bridgehead atoms. The summed E-state index contributed by atoms with van der Waals surface area (Å²) in [5, 5.41) is 0. The van der Waals surface area contributed by atoms with Crippen molar-refractivity contribution in [3.8, 4) is 0 Å². The number of hydrogen-bond donors (Lipinski definition) is 0. The smallest absolute Gasteiger partial charge is 0.342 e. The molecular weight excluding hydrogens is 272 g/mol. The van der Waals surface area contributed by atoms with Gasteiger partial charge in [-0.2, -0.15) is 0 Å². The largest absolute Gasteiger partial charge is 0.465 e. The van der Waals surface area contributed by atoms with Crippen LogP contribution in [0.1, 0.15) is 22.8 Å². The van der Waals surface area contributed by atoms with E-state index in [9.17, 15) is 14.4 Å². The zero-order valence-corrected chi connectivity index (χ0v) is 11.9. The number of carbonyl (C=O) groups is 3. The Kier molecular flexibility index (Phi) is 6.07. The third kappa shape index (κ3) is 4.72. The van der Waals surface area contributed by atoms with Gasteiger partial charge in [-0.15, -0.1) is 0 Å². The molecule has 0 heterocycles. The standard InChI is InChI=1S/C16H16O5/c1-4-9-21-16(19)14(11(2)17)10-12-5-7-13(8-6-12)15(18)20-3/h4-8,10H,1,9H2,2-3H3/b14-10-. The first kappa shape index (κ1) is 16.4. The van der Waals surface area contributed by atoms with Crippen LogP contribution in [0.25, 0.3) is 6.08 Å². The Hall–Kier alpha value is -2.69. The molecule has 0 fully saturated rings. The van der Waals surface area contributed by atoms with Crippen LogP contribution < -0.4 is 0 Å². The van der Waals surface area contributed by atoms with Gasteiger partial charge in [0.25, 0.3) is 0 Å². The highest BCUT2D eigenvalue weighted by Gasteiger charge is 2.15. The predicted octanol–water partition coefficient (Wildman–Crippen LogP) is 2.17.